The van der Waals surface area contributed by atoms with Gasteiger partial charge in [0.25, 0.3) is 0 Å². The molecule has 1 aliphatic carbocycles. The molecule has 0 amide bonds. The molecule has 0 radical (unpaired) electrons. The maximum Gasteiger partial charge on any atom is 0.161 e. The highest BCUT2D eigenvalue weighted by Gasteiger charge is 2.41. The zero-order chi connectivity index (χ0) is 15.2. The van der Waals surface area contributed by atoms with Gasteiger partial charge in [0.2, 0.25) is 0 Å². The van der Waals surface area contributed by atoms with Crippen LogP contribution in [0, 0.1) is 0 Å². The highest BCUT2D eigenvalue weighted by molar-refractivity contribution is 5.78. The average Bonchev–Trinajstić information content (AvgIpc) is 2.51. The fourth-order valence-electron chi connectivity index (χ4n) is 2.96. The molecule has 0 heterocycles. The lowest BCUT2D eigenvalue weighted by atomic mass is 9.74. The quantitative estimate of drug-likeness (QED) is 0.891. The van der Waals surface area contributed by atoms with Gasteiger partial charge in [0, 0.05) is 0 Å². The first-order chi connectivity index (χ1) is 10.0. The fourth-order valence-corrected chi connectivity index (χ4v) is 2.96. The molecule has 0 aromatic heterocycles. The second-order valence-electron chi connectivity index (χ2n) is 5.39. The van der Waals surface area contributed by atoms with Crippen molar-refractivity contribution < 1.29 is 19.7 Å². The molecule has 4 heteroatoms. The van der Waals surface area contributed by atoms with Gasteiger partial charge in [-0.05, 0) is 41.3 Å². The van der Waals surface area contributed by atoms with Gasteiger partial charge >= 0.3 is 0 Å². The van der Waals surface area contributed by atoms with E-state index in [1.54, 1.807) is 27.2 Å². The van der Waals surface area contributed by atoms with Gasteiger partial charge in [-0.15, -0.1) is 0 Å². The Bertz CT molecular complexity index is 691. The molecule has 2 N–H and O–H groups in total. The SMILES string of the molecule is COc1cc2c(cc1OC)[C@@H](O)[C@@](C)(O)c1ccccc1-2. The summed E-state index contributed by atoms with van der Waals surface area (Å²) in [7, 11) is 3.12. The Hall–Kier alpha value is -2.04. The maximum atomic E-state index is 10.7. The fraction of sp³-hybridized carbons (Fsp3) is 0.294. The van der Waals surface area contributed by atoms with Crippen LogP contribution in [0.4, 0.5) is 0 Å². The third kappa shape index (κ3) is 1.91. The van der Waals surface area contributed by atoms with Gasteiger partial charge in [-0.3, -0.25) is 0 Å². The van der Waals surface area contributed by atoms with E-state index in [0.717, 1.165) is 11.1 Å². The molecule has 0 saturated carbocycles. The molecule has 4 nitrogen and oxygen atoms in total. The van der Waals surface area contributed by atoms with E-state index < -0.39 is 11.7 Å². The Balaban J connectivity index is 2.33. The van der Waals surface area contributed by atoms with Gasteiger partial charge in [0.05, 0.1) is 14.2 Å². The Morgan fingerprint density at radius 2 is 1.62 bits per heavy atom. The van der Waals surface area contributed by atoms with E-state index in [1.165, 1.54) is 0 Å². The van der Waals surface area contributed by atoms with Gasteiger partial charge in [0.1, 0.15) is 11.7 Å². The van der Waals surface area contributed by atoms with Crippen molar-refractivity contribution in [1.82, 2.24) is 0 Å². The van der Waals surface area contributed by atoms with E-state index in [9.17, 15) is 10.2 Å². The summed E-state index contributed by atoms with van der Waals surface area (Å²) in [5.74, 6) is 1.13. The molecule has 0 aliphatic heterocycles. The molecule has 2 aromatic rings. The number of hydrogen-bond donors (Lipinski definition) is 2. The zero-order valence-electron chi connectivity index (χ0n) is 12.3. The molecule has 1 aliphatic rings. The van der Waals surface area contributed by atoms with E-state index in [1.807, 2.05) is 30.3 Å². The largest absolute Gasteiger partial charge is 0.493 e. The van der Waals surface area contributed by atoms with Crippen molar-refractivity contribution in [3.05, 3.63) is 47.5 Å². The summed E-state index contributed by atoms with van der Waals surface area (Å²) in [6.45, 7) is 1.62. The summed E-state index contributed by atoms with van der Waals surface area (Å²) >= 11 is 0. The maximum absolute atomic E-state index is 10.7. The summed E-state index contributed by atoms with van der Waals surface area (Å²) < 4.78 is 10.6. The van der Waals surface area contributed by atoms with Crippen molar-refractivity contribution in [3.8, 4) is 22.6 Å². The van der Waals surface area contributed by atoms with E-state index in [-0.39, 0.29) is 0 Å². The lowest BCUT2D eigenvalue weighted by molar-refractivity contribution is -0.0704. The lowest BCUT2D eigenvalue weighted by Gasteiger charge is -2.37. The standard InChI is InChI=1S/C17H18O4/c1-17(19)13-7-5-4-6-10(13)11-8-14(20-2)15(21-3)9-12(11)16(17)18/h4-9,16,18-19H,1-3H3/t16-,17+/m1/s1. The third-order valence-electron chi connectivity index (χ3n) is 4.15. The van der Waals surface area contributed by atoms with Crippen LogP contribution in [0.25, 0.3) is 11.1 Å². The normalized spacial score (nSPS) is 23.2. The van der Waals surface area contributed by atoms with E-state index >= 15 is 0 Å². The highest BCUT2D eigenvalue weighted by atomic mass is 16.5. The Kier molecular flexibility index (Phi) is 3.15. The highest BCUT2D eigenvalue weighted by Crippen LogP contribution is 2.50. The number of ether oxygens (including phenoxy) is 2. The molecule has 110 valence electrons. The lowest BCUT2D eigenvalue weighted by Crippen LogP contribution is -2.33. The summed E-state index contributed by atoms with van der Waals surface area (Å²) in [5, 5.41) is 21.3. The molecular formula is C17H18O4. The summed E-state index contributed by atoms with van der Waals surface area (Å²) in [6, 6.07) is 11.1. The van der Waals surface area contributed by atoms with Crippen molar-refractivity contribution in [2.45, 2.75) is 18.6 Å². The monoisotopic (exact) mass is 286 g/mol. The zero-order valence-corrected chi connectivity index (χ0v) is 12.3. The average molecular weight is 286 g/mol. The first-order valence-electron chi connectivity index (χ1n) is 6.77. The van der Waals surface area contributed by atoms with Gasteiger partial charge in [-0.1, -0.05) is 24.3 Å². The van der Waals surface area contributed by atoms with Crippen LogP contribution >= 0.6 is 0 Å². The third-order valence-corrected chi connectivity index (χ3v) is 4.15. The Morgan fingerprint density at radius 1 is 1.00 bits per heavy atom. The molecule has 0 saturated heterocycles. The smallest absolute Gasteiger partial charge is 0.161 e. The Morgan fingerprint density at radius 3 is 2.29 bits per heavy atom. The Labute approximate surface area is 123 Å². The number of methoxy groups -OCH3 is 2. The predicted molar refractivity (Wildman–Crippen MR) is 79.5 cm³/mol. The molecule has 2 aromatic carbocycles. The number of aliphatic hydroxyl groups excluding tert-OH is 1. The van der Waals surface area contributed by atoms with E-state index in [4.69, 9.17) is 9.47 Å². The van der Waals surface area contributed by atoms with Gasteiger partial charge in [-0.2, -0.15) is 0 Å². The van der Waals surface area contributed by atoms with Crippen molar-refractivity contribution in [2.24, 2.45) is 0 Å². The minimum absolute atomic E-state index is 0.533. The minimum atomic E-state index is -1.34. The second kappa shape index (κ2) is 4.76. The number of fused-ring (bicyclic) bond motifs is 3. The van der Waals surface area contributed by atoms with Crippen molar-refractivity contribution in [1.29, 1.82) is 0 Å². The summed E-state index contributed by atoms with van der Waals surface area (Å²) in [4.78, 5) is 0. The molecule has 0 spiro atoms. The molecule has 0 fully saturated rings. The van der Waals surface area contributed by atoms with Crippen molar-refractivity contribution >= 4 is 0 Å². The first-order valence-corrected chi connectivity index (χ1v) is 6.77. The van der Waals surface area contributed by atoms with Crippen LogP contribution in [0.5, 0.6) is 11.5 Å². The van der Waals surface area contributed by atoms with Crippen LogP contribution in [-0.4, -0.2) is 24.4 Å². The predicted octanol–water partition coefficient (Wildman–Crippen LogP) is 2.63. The van der Waals surface area contributed by atoms with Crippen LogP contribution in [0.3, 0.4) is 0 Å². The first kappa shape index (κ1) is 13.9. The van der Waals surface area contributed by atoms with Crippen molar-refractivity contribution in [3.63, 3.8) is 0 Å². The minimum Gasteiger partial charge on any atom is -0.493 e. The molecule has 2 atom stereocenters. The van der Waals surface area contributed by atoms with Gasteiger partial charge < -0.3 is 19.7 Å². The van der Waals surface area contributed by atoms with Gasteiger partial charge in [0.15, 0.2) is 11.5 Å². The molecule has 0 bridgehead atoms. The number of benzene rings is 2. The number of hydrogen-bond acceptors (Lipinski definition) is 4. The number of rotatable bonds is 2. The molecule has 3 rings (SSSR count). The van der Waals surface area contributed by atoms with Crippen LogP contribution in [0.2, 0.25) is 0 Å². The number of aliphatic hydroxyl groups is 2. The summed E-state index contributed by atoms with van der Waals surface area (Å²) in [5.41, 5.74) is 1.74. The van der Waals surface area contributed by atoms with E-state index in [2.05, 4.69) is 0 Å². The topological polar surface area (TPSA) is 58.9 Å². The van der Waals surface area contributed by atoms with Crippen LogP contribution in [-0.2, 0) is 5.60 Å². The van der Waals surface area contributed by atoms with Crippen LogP contribution in [0.15, 0.2) is 36.4 Å². The molecule has 21 heavy (non-hydrogen) atoms. The van der Waals surface area contributed by atoms with Crippen LogP contribution < -0.4 is 9.47 Å². The molecule has 0 unspecified atom stereocenters. The second-order valence-corrected chi connectivity index (χ2v) is 5.39. The van der Waals surface area contributed by atoms with Crippen molar-refractivity contribution in [2.75, 3.05) is 14.2 Å². The molecular weight excluding hydrogens is 268 g/mol. The van der Waals surface area contributed by atoms with E-state index in [0.29, 0.717) is 22.6 Å². The summed E-state index contributed by atoms with van der Waals surface area (Å²) in [6.07, 6.45) is -1.03. The van der Waals surface area contributed by atoms with Gasteiger partial charge in [-0.25, -0.2) is 0 Å². The van der Waals surface area contributed by atoms with Crippen LogP contribution in [0.1, 0.15) is 24.2 Å².